The quantitative estimate of drug-likeness (QED) is 0.276. The van der Waals surface area contributed by atoms with Crippen molar-refractivity contribution in [2.24, 2.45) is 16.8 Å². The minimum Gasteiger partial charge on any atom is -0.496 e. The van der Waals surface area contributed by atoms with Crippen LogP contribution in [0.4, 0.5) is 0 Å². The van der Waals surface area contributed by atoms with E-state index in [4.69, 9.17) is 9.47 Å². The van der Waals surface area contributed by atoms with Crippen molar-refractivity contribution < 1.29 is 9.47 Å². The van der Waals surface area contributed by atoms with Gasteiger partial charge in [-0.3, -0.25) is 4.99 Å². The molecule has 26 heavy (non-hydrogen) atoms. The van der Waals surface area contributed by atoms with Gasteiger partial charge in [0.2, 0.25) is 0 Å². The van der Waals surface area contributed by atoms with Gasteiger partial charge in [-0.05, 0) is 36.8 Å². The number of aliphatic imine (C=N–C) groups is 1. The van der Waals surface area contributed by atoms with Crippen LogP contribution in [-0.2, 0) is 4.74 Å². The highest BCUT2D eigenvalue weighted by Crippen LogP contribution is 2.30. The largest absolute Gasteiger partial charge is 0.496 e. The van der Waals surface area contributed by atoms with E-state index in [1.807, 2.05) is 30.9 Å². The van der Waals surface area contributed by atoms with Crippen LogP contribution in [0.2, 0.25) is 0 Å². The van der Waals surface area contributed by atoms with E-state index in [0.29, 0.717) is 5.92 Å². The van der Waals surface area contributed by atoms with Crippen LogP contribution >= 0.6 is 11.8 Å². The fourth-order valence-electron chi connectivity index (χ4n) is 2.52. The molecule has 0 radical (unpaired) electrons. The van der Waals surface area contributed by atoms with E-state index in [1.165, 1.54) is 17.7 Å². The number of methoxy groups -OCH3 is 1. The molecule has 146 valence electrons. The molecular formula is C20H33N3O2S. The first-order chi connectivity index (χ1) is 12.6. The fraction of sp³-hybridized carbons (Fsp3) is 0.650. The van der Waals surface area contributed by atoms with Gasteiger partial charge in [-0.1, -0.05) is 19.1 Å². The first-order valence-electron chi connectivity index (χ1n) is 9.39. The Bertz CT molecular complexity index is 564. The fourth-order valence-corrected chi connectivity index (χ4v) is 3.57. The third kappa shape index (κ3) is 7.46. The number of benzene rings is 1. The summed E-state index contributed by atoms with van der Waals surface area (Å²) < 4.78 is 11.1. The third-order valence-electron chi connectivity index (χ3n) is 4.40. The smallest absolute Gasteiger partial charge is 0.193 e. The van der Waals surface area contributed by atoms with Crippen molar-refractivity contribution in [3.05, 3.63) is 24.3 Å². The average molecular weight is 380 g/mol. The van der Waals surface area contributed by atoms with E-state index < -0.39 is 0 Å². The molecule has 1 aliphatic carbocycles. The lowest BCUT2D eigenvalue weighted by atomic mass is 10.2. The molecule has 0 spiro atoms. The lowest BCUT2D eigenvalue weighted by Crippen LogP contribution is -2.42. The summed E-state index contributed by atoms with van der Waals surface area (Å²) in [4.78, 5) is 7.70. The molecule has 1 N–H and O–H groups in total. The lowest BCUT2D eigenvalue weighted by Gasteiger charge is -2.23. The number of rotatable bonds is 11. The van der Waals surface area contributed by atoms with Gasteiger partial charge < -0.3 is 19.7 Å². The van der Waals surface area contributed by atoms with E-state index in [9.17, 15) is 0 Å². The molecule has 0 aromatic heterocycles. The highest BCUT2D eigenvalue weighted by Gasteiger charge is 2.21. The summed E-state index contributed by atoms with van der Waals surface area (Å²) >= 11 is 1.83. The molecule has 6 heteroatoms. The van der Waals surface area contributed by atoms with Gasteiger partial charge in [0.25, 0.3) is 0 Å². The molecule has 0 heterocycles. The second kappa shape index (κ2) is 11.3. The van der Waals surface area contributed by atoms with Crippen molar-refractivity contribution in [2.75, 3.05) is 53.3 Å². The lowest BCUT2D eigenvalue weighted by molar-refractivity contribution is 0.115. The highest BCUT2D eigenvalue weighted by atomic mass is 32.2. The Morgan fingerprint density at radius 1 is 1.38 bits per heavy atom. The zero-order valence-electron chi connectivity index (χ0n) is 16.5. The van der Waals surface area contributed by atoms with Crippen LogP contribution in [0.1, 0.15) is 19.8 Å². The maximum Gasteiger partial charge on any atom is 0.193 e. The summed E-state index contributed by atoms with van der Waals surface area (Å²) in [5, 5.41) is 3.47. The van der Waals surface area contributed by atoms with Crippen LogP contribution in [0, 0.1) is 11.8 Å². The van der Waals surface area contributed by atoms with Crippen LogP contribution in [0.3, 0.4) is 0 Å². The molecule has 0 aliphatic heterocycles. The van der Waals surface area contributed by atoms with Crippen LogP contribution < -0.4 is 10.1 Å². The average Bonchev–Trinajstić information content (AvgIpc) is 3.48. The molecule has 5 nitrogen and oxygen atoms in total. The van der Waals surface area contributed by atoms with Crippen molar-refractivity contribution in [1.29, 1.82) is 0 Å². The normalized spacial score (nSPS) is 15.6. The van der Waals surface area contributed by atoms with Gasteiger partial charge in [-0.15, -0.1) is 11.8 Å². The molecule has 1 atom stereocenters. The summed E-state index contributed by atoms with van der Waals surface area (Å²) in [6.07, 6.45) is 2.67. The van der Waals surface area contributed by atoms with Crippen molar-refractivity contribution in [3.8, 4) is 5.75 Å². The molecular weight excluding hydrogens is 346 g/mol. The summed E-state index contributed by atoms with van der Waals surface area (Å²) in [6.45, 7) is 5.67. The monoisotopic (exact) mass is 379 g/mol. The Labute approximate surface area is 162 Å². The zero-order valence-corrected chi connectivity index (χ0v) is 17.3. The first kappa shape index (κ1) is 20.9. The third-order valence-corrected chi connectivity index (χ3v) is 5.78. The molecule has 1 saturated carbocycles. The number of nitrogens with one attached hydrogen (secondary N) is 1. The molecule has 0 saturated heterocycles. The summed E-state index contributed by atoms with van der Waals surface area (Å²) in [5.74, 6) is 4.23. The SMILES string of the molecule is CN=C(NCC(C)CSc1ccccc1OC)N(C)CCOCC1CC1. The summed E-state index contributed by atoms with van der Waals surface area (Å²) in [6, 6.07) is 8.17. The Hall–Kier alpha value is -1.40. The topological polar surface area (TPSA) is 46.1 Å². The zero-order chi connectivity index (χ0) is 18.8. The highest BCUT2D eigenvalue weighted by molar-refractivity contribution is 7.99. The van der Waals surface area contributed by atoms with Crippen LogP contribution in [0.25, 0.3) is 0 Å². The molecule has 1 fully saturated rings. The summed E-state index contributed by atoms with van der Waals surface area (Å²) in [7, 11) is 5.61. The minimum atomic E-state index is 0.515. The van der Waals surface area contributed by atoms with Crippen molar-refractivity contribution in [1.82, 2.24) is 10.2 Å². The Morgan fingerprint density at radius 2 is 2.15 bits per heavy atom. The minimum absolute atomic E-state index is 0.515. The van der Waals surface area contributed by atoms with Gasteiger partial charge in [0.05, 0.1) is 13.7 Å². The number of guanidine groups is 1. The second-order valence-corrected chi connectivity index (χ2v) is 8.00. The molecule has 1 aromatic carbocycles. The van der Waals surface area contributed by atoms with Gasteiger partial charge in [0.15, 0.2) is 5.96 Å². The predicted octanol–water partition coefficient (Wildman–Crippen LogP) is 3.36. The van der Waals surface area contributed by atoms with Crippen LogP contribution in [-0.4, -0.2) is 64.1 Å². The number of likely N-dealkylation sites (N-methyl/N-ethyl adjacent to an activating group) is 1. The standard InChI is InChI=1S/C20H33N3O2S/c1-16(15-26-19-8-6-5-7-18(19)24-4)13-22-20(21-2)23(3)11-12-25-14-17-9-10-17/h5-8,16-17H,9-15H2,1-4H3,(H,21,22). The van der Waals surface area contributed by atoms with Crippen LogP contribution in [0.5, 0.6) is 5.75 Å². The molecule has 0 amide bonds. The van der Waals surface area contributed by atoms with E-state index in [0.717, 1.165) is 49.7 Å². The molecule has 2 rings (SSSR count). The number of thioether (sulfide) groups is 1. The number of nitrogens with zero attached hydrogens (tertiary/aromatic N) is 2. The number of hydrogen-bond donors (Lipinski definition) is 1. The van der Waals surface area contributed by atoms with E-state index in [2.05, 4.69) is 41.3 Å². The Kier molecular flexibility index (Phi) is 9.12. The maximum atomic E-state index is 5.72. The van der Waals surface area contributed by atoms with Crippen molar-refractivity contribution >= 4 is 17.7 Å². The molecule has 0 bridgehead atoms. The van der Waals surface area contributed by atoms with Gasteiger partial charge >= 0.3 is 0 Å². The number of para-hydroxylation sites is 1. The van der Waals surface area contributed by atoms with Gasteiger partial charge in [-0.25, -0.2) is 0 Å². The maximum absolute atomic E-state index is 5.72. The van der Waals surface area contributed by atoms with Gasteiger partial charge in [0, 0.05) is 44.4 Å². The van der Waals surface area contributed by atoms with Crippen molar-refractivity contribution in [3.63, 3.8) is 0 Å². The predicted molar refractivity (Wildman–Crippen MR) is 110 cm³/mol. The Balaban J connectivity index is 1.65. The molecule has 1 unspecified atom stereocenters. The van der Waals surface area contributed by atoms with Crippen LogP contribution in [0.15, 0.2) is 34.2 Å². The van der Waals surface area contributed by atoms with Gasteiger partial charge in [0.1, 0.15) is 5.75 Å². The number of ether oxygens (including phenoxy) is 2. The molecule has 1 aromatic rings. The van der Waals surface area contributed by atoms with E-state index >= 15 is 0 Å². The summed E-state index contributed by atoms with van der Waals surface area (Å²) in [5.41, 5.74) is 0. The van der Waals surface area contributed by atoms with E-state index in [1.54, 1.807) is 7.11 Å². The second-order valence-electron chi connectivity index (χ2n) is 6.93. The molecule has 1 aliphatic rings. The number of hydrogen-bond acceptors (Lipinski definition) is 4. The first-order valence-corrected chi connectivity index (χ1v) is 10.4. The van der Waals surface area contributed by atoms with E-state index in [-0.39, 0.29) is 0 Å². The van der Waals surface area contributed by atoms with Gasteiger partial charge in [-0.2, -0.15) is 0 Å². The Morgan fingerprint density at radius 3 is 2.85 bits per heavy atom. The van der Waals surface area contributed by atoms with Crippen molar-refractivity contribution in [2.45, 2.75) is 24.7 Å².